The van der Waals surface area contributed by atoms with E-state index in [4.69, 9.17) is 4.74 Å². The smallest absolute Gasteiger partial charge is 0.320 e. The van der Waals surface area contributed by atoms with Gasteiger partial charge in [-0.1, -0.05) is 0 Å². The summed E-state index contributed by atoms with van der Waals surface area (Å²) >= 11 is 0. The Bertz CT molecular complexity index is 235. The summed E-state index contributed by atoms with van der Waals surface area (Å²) in [7, 11) is 5.28. The van der Waals surface area contributed by atoms with Crippen molar-refractivity contribution in [2.24, 2.45) is 0 Å². The second-order valence-electron chi connectivity index (χ2n) is 4.58. The molecule has 0 unspecified atom stereocenters. The Kier molecular flexibility index (Phi) is 8.05. The maximum atomic E-state index is 11.5. The number of ether oxygens (including phenoxy) is 1. The molecule has 3 N–H and O–H groups in total. The number of carbonyl (C=O) groups is 1. The first kappa shape index (κ1) is 17.3. The van der Waals surface area contributed by atoms with Gasteiger partial charge in [0.15, 0.2) is 0 Å². The van der Waals surface area contributed by atoms with Crippen LogP contribution in [0.2, 0.25) is 0 Å². The van der Waals surface area contributed by atoms with E-state index < -0.39 is 31.3 Å². The van der Waals surface area contributed by atoms with Crippen molar-refractivity contribution in [3.63, 3.8) is 0 Å². The van der Waals surface area contributed by atoms with E-state index in [1.807, 2.05) is 19.0 Å². The topological polar surface area (TPSA) is 93.5 Å². The lowest BCUT2D eigenvalue weighted by molar-refractivity contribution is -0.148. The predicted molar refractivity (Wildman–Crippen MR) is 66.1 cm³/mol. The van der Waals surface area contributed by atoms with Gasteiger partial charge in [-0.2, -0.15) is 0 Å². The Hall–Kier alpha value is -0.730. The van der Waals surface area contributed by atoms with Crippen LogP contribution in [0.5, 0.6) is 0 Å². The average molecular weight is 264 g/mol. The molecule has 0 atom stereocenters. The summed E-state index contributed by atoms with van der Waals surface area (Å²) in [6.45, 7) is -0.524. The molecule has 7 heteroatoms. The van der Waals surface area contributed by atoms with Crippen molar-refractivity contribution < 1.29 is 24.9 Å². The van der Waals surface area contributed by atoms with Gasteiger partial charge in [-0.25, -0.2) is 0 Å². The zero-order chi connectivity index (χ0) is 14.2. The van der Waals surface area contributed by atoms with Gasteiger partial charge in [0.25, 0.3) is 0 Å². The number of hydrogen-bond acceptors (Lipinski definition) is 7. The van der Waals surface area contributed by atoms with Crippen molar-refractivity contribution in [2.45, 2.75) is 5.54 Å². The molecule has 0 spiro atoms. The highest BCUT2D eigenvalue weighted by atomic mass is 16.5. The molecule has 0 aliphatic rings. The van der Waals surface area contributed by atoms with Gasteiger partial charge >= 0.3 is 5.97 Å². The number of hydrogen-bond donors (Lipinski definition) is 3. The van der Waals surface area contributed by atoms with E-state index in [0.717, 1.165) is 0 Å². The molecule has 108 valence electrons. The van der Waals surface area contributed by atoms with Crippen LogP contribution < -0.4 is 0 Å². The first-order valence-corrected chi connectivity index (χ1v) is 5.76. The quantitative estimate of drug-likeness (QED) is 0.405. The van der Waals surface area contributed by atoms with Crippen LogP contribution in [0.4, 0.5) is 0 Å². The van der Waals surface area contributed by atoms with Gasteiger partial charge in [0.2, 0.25) is 0 Å². The largest absolute Gasteiger partial charge is 0.463 e. The highest BCUT2D eigenvalue weighted by Crippen LogP contribution is 2.11. The first-order chi connectivity index (χ1) is 8.41. The maximum Gasteiger partial charge on any atom is 0.320 e. The SMILES string of the molecule is CN(C)CCOC(=O)CN(C)C(CO)(CO)CO. The molecule has 0 aromatic heterocycles. The van der Waals surface area contributed by atoms with Gasteiger partial charge in [0, 0.05) is 6.54 Å². The van der Waals surface area contributed by atoms with Crippen molar-refractivity contribution in [1.82, 2.24) is 9.80 Å². The van der Waals surface area contributed by atoms with Gasteiger partial charge < -0.3 is 25.0 Å². The number of nitrogens with zero attached hydrogens (tertiary/aromatic N) is 2. The minimum absolute atomic E-state index is 0.102. The molecule has 0 aliphatic heterocycles. The molecule has 0 rings (SSSR count). The lowest BCUT2D eigenvalue weighted by Crippen LogP contribution is -2.57. The van der Waals surface area contributed by atoms with Crippen LogP contribution in [0.25, 0.3) is 0 Å². The Morgan fingerprint density at radius 3 is 2.00 bits per heavy atom. The van der Waals surface area contributed by atoms with Crippen LogP contribution in [-0.4, -0.2) is 97.3 Å². The Labute approximate surface area is 108 Å². The second-order valence-corrected chi connectivity index (χ2v) is 4.58. The zero-order valence-corrected chi connectivity index (χ0v) is 11.3. The molecular formula is C11H24N2O5. The Morgan fingerprint density at radius 2 is 1.61 bits per heavy atom. The minimum atomic E-state index is -1.21. The molecule has 0 aromatic rings. The van der Waals surface area contributed by atoms with Crippen LogP contribution in [0.3, 0.4) is 0 Å². The second kappa shape index (κ2) is 8.39. The van der Waals surface area contributed by atoms with Crippen molar-refractivity contribution >= 4 is 5.97 Å². The number of aliphatic hydroxyl groups is 3. The molecule has 0 aromatic carbocycles. The van der Waals surface area contributed by atoms with Crippen molar-refractivity contribution in [3.05, 3.63) is 0 Å². The third kappa shape index (κ3) is 5.28. The standard InChI is InChI=1S/C11H24N2O5/c1-12(2)4-5-18-10(17)6-13(3)11(7-14,8-15)9-16/h14-16H,4-9H2,1-3H3. The summed E-state index contributed by atoms with van der Waals surface area (Å²) in [5.41, 5.74) is -1.21. The molecule has 0 amide bonds. The number of carbonyl (C=O) groups excluding carboxylic acids is 1. The molecule has 7 nitrogen and oxygen atoms in total. The van der Waals surface area contributed by atoms with E-state index >= 15 is 0 Å². The highest BCUT2D eigenvalue weighted by Gasteiger charge is 2.34. The number of aliphatic hydroxyl groups excluding tert-OH is 3. The average Bonchev–Trinajstić information content (AvgIpc) is 2.31. The molecule has 0 saturated carbocycles. The molecular weight excluding hydrogens is 240 g/mol. The third-order valence-corrected chi connectivity index (χ3v) is 2.86. The summed E-state index contributed by atoms with van der Waals surface area (Å²) in [5.74, 6) is -0.459. The minimum Gasteiger partial charge on any atom is -0.463 e. The van der Waals surface area contributed by atoms with Gasteiger partial charge in [-0.05, 0) is 21.1 Å². The van der Waals surface area contributed by atoms with Gasteiger partial charge in [-0.3, -0.25) is 9.69 Å². The lowest BCUT2D eigenvalue weighted by atomic mass is 10.0. The Balaban J connectivity index is 4.20. The monoisotopic (exact) mass is 264 g/mol. The summed E-state index contributed by atoms with van der Waals surface area (Å²) in [6, 6.07) is 0. The maximum absolute atomic E-state index is 11.5. The van der Waals surface area contributed by atoms with E-state index in [9.17, 15) is 20.1 Å². The molecule has 18 heavy (non-hydrogen) atoms. The van der Waals surface area contributed by atoms with Gasteiger partial charge in [0.05, 0.1) is 31.9 Å². The van der Waals surface area contributed by atoms with E-state index in [2.05, 4.69) is 0 Å². The highest BCUT2D eigenvalue weighted by molar-refractivity contribution is 5.71. The van der Waals surface area contributed by atoms with E-state index in [0.29, 0.717) is 6.54 Å². The van der Waals surface area contributed by atoms with Crippen molar-refractivity contribution in [1.29, 1.82) is 0 Å². The van der Waals surface area contributed by atoms with Crippen LogP contribution in [0.1, 0.15) is 0 Å². The first-order valence-electron chi connectivity index (χ1n) is 5.76. The zero-order valence-electron chi connectivity index (χ0n) is 11.3. The number of esters is 1. The molecule has 0 bridgehead atoms. The normalized spacial score (nSPS) is 12.2. The number of likely N-dealkylation sites (N-methyl/N-ethyl adjacent to an activating group) is 2. The molecule has 0 heterocycles. The fourth-order valence-electron chi connectivity index (χ4n) is 1.26. The van der Waals surface area contributed by atoms with E-state index in [1.165, 1.54) is 11.9 Å². The Morgan fingerprint density at radius 1 is 1.11 bits per heavy atom. The van der Waals surface area contributed by atoms with Crippen molar-refractivity contribution in [2.75, 3.05) is 60.7 Å². The molecule has 0 fully saturated rings. The summed E-state index contributed by atoms with van der Waals surface area (Å²) in [4.78, 5) is 14.8. The molecule has 0 radical (unpaired) electrons. The van der Waals surface area contributed by atoms with Crippen LogP contribution in [0, 0.1) is 0 Å². The van der Waals surface area contributed by atoms with E-state index in [-0.39, 0.29) is 13.2 Å². The van der Waals surface area contributed by atoms with Gasteiger partial charge in [-0.15, -0.1) is 0 Å². The molecule has 0 aliphatic carbocycles. The predicted octanol–water partition coefficient (Wildman–Crippen LogP) is -2.26. The lowest BCUT2D eigenvalue weighted by Gasteiger charge is -2.36. The summed E-state index contributed by atoms with van der Waals surface area (Å²) < 4.78 is 4.98. The molecule has 0 saturated heterocycles. The van der Waals surface area contributed by atoms with Crippen molar-refractivity contribution in [3.8, 4) is 0 Å². The van der Waals surface area contributed by atoms with Gasteiger partial charge in [0.1, 0.15) is 6.61 Å². The fourth-order valence-corrected chi connectivity index (χ4v) is 1.26. The van der Waals surface area contributed by atoms with Crippen LogP contribution >= 0.6 is 0 Å². The van der Waals surface area contributed by atoms with Crippen LogP contribution in [0.15, 0.2) is 0 Å². The fraction of sp³-hybridized carbons (Fsp3) is 0.909. The van der Waals surface area contributed by atoms with E-state index in [1.54, 1.807) is 0 Å². The summed E-state index contributed by atoms with van der Waals surface area (Å²) in [5, 5.41) is 27.6. The summed E-state index contributed by atoms with van der Waals surface area (Å²) in [6.07, 6.45) is 0. The third-order valence-electron chi connectivity index (χ3n) is 2.86. The van der Waals surface area contributed by atoms with Crippen LogP contribution in [-0.2, 0) is 9.53 Å². The number of rotatable bonds is 9.